The monoisotopic (exact) mass is 506 g/mol. The highest BCUT2D eigenvalue weighted by molar-refractivity contribution is 6.74. The Hall–Kier alpha value is -0.123. The molecule has 200 valence electrons. The number of aliphatic hydroxyl groups excluding tert-OH is 1. The number of fused-ring (bicyclic) bond motifs is 1. The van der Waals surface area contributed by atoms with Crippen LogP contribution in [0.4, 0.5) is 8.78 Å². The Kier molecular flexibility index (Phi) is 9.63. The van der Waals surface area contributed by atoms with Crippen LogP contribution in [0.5, 0.6) is 0 Å². The van der Waals surface area contributed by atoms with Gasteiger partial charge in [-0.1, -0.05) is 34.1 Å². The van der Waals surface area contributed by atoms with Gasteiger partial charge in [-0.3, -0.25) is 0 Å². The Balaban J connectivity index is 1.74. The van der Waals surface area contributed by atoms with E-state index in [2.05, 4.69) is 33.9 Å². The number of ether oxygens (including phenoxy) is 3. The van der Waals surface area contributed by atoms with Gasteiger partial charge in [0.1, 0.15) is 6.10 Å². The first-order valence-corrected chi connectivity index (χ1v) is 16.4. The number of rotatable bonds is 11. The molecule has 1 saturated carbocycles. The van der Waals surface area contributed by atoms with E-state index in [0.29, 0.717) is 38.7 Å². The van der Waals surface area contributed by atoms with E-state index in [9.17, 15) is 5.11 Å². The van der Waals surface area contributed by atoms with Gasteiger partial charge in [0.05, 0.1) is 12.2 Å². The Labute approximate surface area is 206 Å². The number of hydrogen-bond donors (Lipinski definition) is 1. The van der Waals surface area contributed by atoms with Crippen LogP contribution in [0, 0.1) is 11.8 Å². The average molecular weight is 507 g/mol. The van der Waals surface area contributed by atoms with E-state index in [0.717, 1.165) is 25.7 Å². The fraction of sp³-hybridized carbons (Fsp3) is 1.00. The average Bonchev–Trinajstić information content (AvgIpc) is 3.25. The summed E-state index contributed by atoms with van der Waals surface area (Å²) in [5.41, 5.74) is 0. The number of unbranched alkanes of at least 4 members (excludes halogenated alkanes) is 1. The Morgan fingerprint density at radius 1 is 1.15 bits per heavy atom. The van der Waals surface area contributed by atoms with Crippen molar-refractivity contribution in [1.82, 2.24) is 0 Å². The van der Waals surface area contributed by atoms with Crippen LogP contribution in [-0.2, 0) is 18.6 Å². The lowest BCUT2D eigenvalue weighted by Gasteiger charge is -2.42. The SMILES string of the molecule is CCCCC(F)(F)C(CCC1C(OC2CCCCO2)CC2OC(O)CC21)O[Si](C)(C)C(C)(C)C. The van der Waals surface area contributed by atoms with Crippen molar-refractivity contribution in [2.24, 2.45) is 11.8 Å². The Morgan fingerprint density at radius 3 is 2.50 bits per heavy atom. The highest BCUT2D eigenvalue weighted by atomic mass is 28.4. The van der Waals surface area contributed by atoms with Crippen molar-refractivity contribution in [1.29, 1.82) is 0 Å². The molecule has 2 heterocycles. The van der Waals surface area contributed by atoms with Crippen LogP contribution in [0.25, 0.3) is 0 Å². The van der Waals surface area contributed by atoms with Crippen molar-refractivity contribution in [3.63, 3.8) is 0 Å². The molecule has 7 unspecified atom stereocenters. The van der Waals surface area contributed by atoms with E-state index in [4.69, 9.17) is 18.6 Å². The summed E-state index contributed by atoms with van der Waals surface area (Å²) in [6.07, 6.45) is 3.92. The van der Waals surface area contributed by atoms with Gasteiger partial charge in [-0.05, 0) is 68.5 Å². The molecule has 3 rings (SSSR count). The summed E-state index contributed by atoms with van der Waals surface area (Å²) in [7, 11) is -2.38. The van der Waals surface area contributed by atoms with Crippen molar-refractivity contribution in [3.8, 4) is 0 Å². The highest BCUT2D eigenvalue weighted by Gasteiger charge is 2.52. The van der Waals surface area contributed by atoms with Gasteiger partial charge in [-0.15, -0.1) is 0 Å². The maximum Gasteiger partial charge on any atom is 0.272 e. The lowest BCUT2D eigenvalue weighted by molar-refractivity contribution is -0.200. The first kappa shape index (κ1) is 28.4. The second kappa shape index (κ2) is 11.5. The summed E-state index contributed by atoms with van der Waals surface area (Å²) in [6.45, 7) is 13.0. The van der Waals surface area contributed by atoms with Gasteiger partial charge in [0.2, 0.25) is 0 Å². The standard InChI is InChI=1S/C26H48F2O5Si/c1-7-8-14-26(27,28)22(33-34(5,6)25(2,3)4)13-12-18-19-16-23(29)31-21(19)17-20(18)32-24-11-9-10-15-30-24/h18-24,29H,7-17H2,1-6H3. The molecule has 3 aliphatic rings. The lowest BCUT2D eigenvalue weighted by atomic mass is 9.86. The van der Waals surface area contributed by atoms with Crippen LogP contribution in [0.2, 0.25) is 18.1 Å². The zero-order chi connectivity index (χ0) is 25.1. The van der Waals surface area contributed by atoms with Crippen LogP contribution in [-0.4, -0.2) is 56.8 Å². The van der Waals surface area contributed by atoms with Gasteiger partial charge >= 0.3 is 0 Å². The van der Waals surface area contributed by atoms with E-state index in [1.165, 1.54) is 0 Å². The summed E-state index contributed by atoms with van der Waals surface area (Å²) in [5.74, 6) is -2.68. The molecule has 0 radical (unpaired) electrons. The molecule has 34 heavy (non-hydrogen) atoms. The van der Waals surface area contributed by atoms with E-state index in [-0.39, 0.29) is 41.8 Å². The van der Waals surface area contributed by atoms with Gasteiger partial charge in [0.15, 0.2) is 20.9 Å². The van der Waals surface area contributed by atoms with Crippen molar-refractivity contribution in [2.45, 2.75) is 147 Å². The van der Waals surface area contributed by atoms with E-state index >= 15 is 8.78 Å². The smallest absolute Gasteiger partial charge is 0.272 e. The van der Waals surface area contributed by atoms with Crippen molar-refractivity contribution in [3.05, 3.63) is 0 Å². The first-order chi connectivity index (χ1) is 15.8. The Bertz CT molecular complexity index is 635. The maximum absolute atomic E-state index is 15.4. The molecule has 2 saturated heterocycles. The van der Waals surface area contributed by atoms with Gasteiger partial charge < -0.3 is 23.7 Å². The van der Waals surface area contributed by atoms with Gasteiger partial charge in [-0.25, -0.2) is 8.78 Å². The molecular formula is C26H48F2O5Si. The first-order valence-electron chi connectivity index (χ1n) is 13.5. The van der Waals surface area contributed by atoms with E-state index in [1.54, 1.807) is 0 Å². The third-order valence-corrected chi connectivity index (χ3v) is 13.1. The van der Waals surface area contributed by atoms with Gasteiger partial charge in [-0.2, -0.15) is 0 Å². The fourth-order valence-corrected chi connectivity index (χ4v) is 6.83. The summed E-state index contributed by atoms with van der Waals surface area (Å²) in [6, 6.07) is 0. The lowest BCUT2D eigenvalue weighted by Crippen LogP contribution is -2.49. The van der Waals surface area contributed by atoms with E-state index < -0.39 is 26.6 Å². The zero-order valence-electron chi connectivity index (χ0n) is 22.2. The number of halogens is 2. The summed E-state index contributed by atoms with van der Waals surface area (Å²) in [4.78, 5) is 0. The molecule has 5 nitrogen and oxygen atoms in total. The molecule has 8 heteroatoms. The molecule has 1 N–H and O–H groups in total. The Morgan fingerprint density at radius 2 is 1.88 bits per heavy atom. The minimum atomic E-state index is -2.86. The largest absolute Gasteiger partial charge is 0.408 e. The molecule has 0 aromatic heterocycles. The van der Waals surface area contributed by atoms with Crippen LogP contribution in [0.1, 0.15) is 91.9 Å². The molecule has 0 aromatic carbocycles. The van der Waals surface area contributed by atoms with Crippen molar-refractivity contribution in [2.75, 3.05) is 6.61 Å². The molecule has 2 aliphatic heterocycles. The maximum atomic E-state index is 15.4. The third-order valence-electron chi connectivity index (χ3n) is 8.58. The van der Waals surface area contributed by atoms with Crippen LogP contribution < -0.4 is 0 Å². The quantitative estimate of drug-likeness (QED) is 0.318. The molecule has 0 spiro atoms. The fourth-order valence-electron chi connectivity index (χ4n) is 5.48. The minimum absolute atomic E-state index is 0.0557. The molecule has 0 amide bonds. The second-order valence-corrected chi connectivity index (χ2v) is 17.0. The van der Waals surface area contributed by atoms with E-state index in [1.807, 2.05) is 6.92 Å². The van der Waals surface area contributed by atoms with Crippen LogP contribution in [0.15, 0.2) is 0 Å². The predicted octanol–water partition coefficient (Wildman–Crippen LogP) is 6.64. The number of aliphatic hydroxyl groups is 1. The third kappa shape index (κ3) is 7.00. The predicted molar refractivity (Wildman–Crippen MR) is 131 cm³/mol. The second-order valence-electron chi connectivity index (χ2n) is 12.2. The number of hydrogen-bond acceptors (Lipinski definition) is 5. The minimum Gasteiger partial charge on any atom is -0.408 e. The molecule has 7 atom stereocenters. The molecule has 0 aromatic rings. The van der Waals surface area contributed by atoms with Crippen LogP contribution in [0.3, 0.4) is 0 Å². The summed E-state index contributed by atoms with van der Waals surface area (Å²) >= 11 is 0. The van der Waals surface area contributed by atoms with Crippen molar-refractivity contribution < 1.29 is 32.5 Å². The van der Waals surface area contributed by atoms with Gasteiger partial charge in [0, 0.05) is 25.9 Å². The normalized spacial score (nSPS) is 33.8. The van der Waals surface area contributed by atoms with Gasteiger partial charge in [0.25, 0.3) is 5.92 Å². The molecule has 3 fully saturated rings. The molecule has 1 aliphatic carbocycles. The van der Waals surface area contributed by atoms with Crippen molar-refractivity contribution >= 4 is 8.32 Å². The highest BCUT2D eigenvalue weighted by Crippen LogP contribution is 2.48. The summed E-state index contributed by atoms with van der Waals surface area (Å²) < 4.78 is 55.2. The zero-order valence-corrected chi connectivity index (χ0v) is 23.2. The molecule has 0 bridgehead atoms. The topological polar surface area (TPSA) is 57.2 Å². The van der Waals surface area contributed by atoms with Crippen LogP contribution >= 0.6 is 0 Å². The summed E-state index contributed by atoms with van der Waals surface area (Å²) in [5, 5.41) is 9.94. The molecular weight excluding hydrogens is 458 g/mol. The number of alkyl halides is 2.